The Balaban J connectivity index is 2.67. The summed E-state index contributed by atoms with van der Waals surface area (Å²) in [4.78, 5) is 0. The molecule has 1 aromatic rings. The van der Waals surface area contributed by atoms with Crippen molar-refractivity contribution >= 4 is 0 Å². The van der Waals surface area contributed by atoms with Gasteiger partial charge in [0.1, 0.15) is 5.75 Å². The van der Waals surface area contributed by atoms with Crippen molar-refractivity contribution in [3.8, 4) is 5.75 Å². The van der Waals surface area contributed by atoms with E-state index in [9.17, 15) is 0 Å². The average molecular weight is 235 g/mol. The molecule has 0 atom stereocenters. The summed E-state index contributed by atoms with van der Waals surface area (Å²) in [5.41, 5.74) is 1.44. The maximum atomic E-state index is 5.27. The molecule has 0 saturated carbocycles. The molecule has 0 saturated heterocycles. The van der Waals surface area contributed by atoms with E-state index in [0.29, 0.717) is 5.92 Å². The predicted octanol–water partition coefficient (Wildman–Crippen LogP) is 3.22. The molecule has 0 bridgehead atoms. The van der Waals surface area contributed by atoms with E-state index < -0.39 is 0 Å². The van der Waals surface area contributed by atoms with Crippen LogP contribution in [0, 0.1) is 5.92 Å². The number of ether oxygens (including phenoxy) is 1. The maximum absolute atomic E-state index is 5.27. The normalized spacial score (nSPS) is 11.9. The van der Waals surface area contributed by atoms with Gasteiger partial charge in [0.25, 0.3) is 0 Å². The quantitative estimate of drug-likeness (QED) is 0.817. The van der Waals surface area contributed by atoms with Crippen LogP contribution in [0.4, 0.5) is 0 Å². The fourth-order valence-electron chi connectivity index (χ4n) is 1.82. The molecule has 0 aliphatic carbocycles. The van der Waals surface area contributed by atoms with E-state index in [2.05, 4.69) is 51.2 Å². The molecule has 0 aliphatic heterocycles. The molecule has 0 unspecified atom stereocenters. The Hall–Kier alpha value is -1.02. The zero-order valence-electron chi connectivity index (χ0n) is 11.7. The summed E-state index contributed by atoms with van der Waals surface area (Å²) in [6.07, 6.45) is 0. The second-order valence-corrected chi connectivity index (χ2v) is 5.64. The fourth-order valence-corrected chi connectivity index (χ4v) is 1.82. The largest absolute Gasteiger partial charge is 0.497 e. The molecule has 0 heterocycles. The molecule has 0 spiro atoms. The predicted molar refractivity (Wildman–Crippen MR) is 73.7 cm³/mol. The van der Waals surface area contributed by atoms with Crippen LogP contribution in [0.1, 0.15) is 33.3 Å². The number of hydrogen-bond donors (Lipinski definition) is 1. The monoisotopic (exact) mass is 235 g/mol. The molecule has 0 radical (unpaired) electrons. The van der Waals surface area contributed by atoms with Gasteiger partial charge < -0.3 is 10.1 Å². The summed E-state index contributed by atoms with van der Waals surface area (Å²) in [6.45, 7) is 11.0. The Morgan fingerprint density at radius 1 is 1.29 bits per heavy atom. The third-order valence-electron chi connectivity index (χ3n) is 2.97. The van der Waals surface area contributed by atoms with Crippen LogP contribution in [0.2, 0.25) is 0 Å². The third-order valence-corrected chi connectivity index (χ3v) is 2.97. The van der Waals surface area contributed by atoms with Gasteiger partial charge in [-0.2, -0.15) is 0 Å². The van der Waals surface area contributed by atoms with Crippen molar-refractivity contribution in [2.45, 2.75) is 33.1 Å². The van der Waals surface area contributed by atoms with Crippen LogP contribution in [-0.4, -0.2) is 20.2 Å². The highest BCUT2D eigenvalue weighted by molar-refractivity contribution is 5.33. The lowest BCUT2D eigenvalue weighted by atomic mass is 9.84. The highest BCUT2D eigenvalue weighted by Gasteiger charge is 2.20. The van der Waals surface area contributed by atoms with E-state index in [1.807, 2.05) is 6.07 Å². The minimum atomic E-state index is 0.128. The molecule has 0 amide bonds. The topological polar surface area (TPSA) is 21.3 Å². The van der Waals surface area contributed by atoms with E-state index in [1.54, 1.807) is 7.11 Å². The van der Waals surface area contributed by atoms with Crippen LogP contribution in [0.15, 0.2) is 24.3 Å². The molecule has 0 aliphatic rings. The van der Waals surface area contributed by atoms with Gasteiger partial charge in [-0.1, -0.05) is 39.8 Å². The minimum absolute atomic E-state index is 0.128. The maximum Gasteiger partial charge on any atom is 0.119 e. The summed E-state index contributed by atoms with van der Waals surface area (Å²) >= 11 is 0. The van der Waals surface area contributed by atoms with Crippen LogP contribution in [0.25, 0.3) is 0 Å². The molecular formula is C15H25NO. The van der Waals surface area contributed by atoms with Gasteiger partial charge in [0, 0.05) is 12.0 Å². The summed E-state index contributed by atoms with van der Waals surface area (Å²) in [5.74, 6) is 1.62. The molecule has 96 valence electrons. The van der Waals surface area contributed by atoms with Crippen molar-refractivity contribution in [3.05, 3.63) is 29.8 Å². The smallest absolute Gasteiger partial charge is 0.119 e. The molecule has 1 rings (SSSR count). The van der Waals surface area contributed by atoms with Gasteiger partial charge in [-0.05, 0) is 30.2 Å². The van der Waals surface area contributed by atoms with Crippen molar-refractivity contribution in [1.29, 1.82) is 0 Å². The summed E-state index contributed by atoms with van der Waals surface area (Å²) in [7, 11) is 1.71. The lowest BCUT2D eigenvalue weighted by molar-refractivity contribution is 0.408. The first-order valence-electron chi connectivity index (χ1n) is 6.31. The second kappa shape index (κ2) is 6.06. The van der Waals surface area contributed by atoms with Gasteiger partial charge in [0.15, 0.2) is 0 Å². The van der Waals surface area contributed by atoms with E-state index in [4.69, 9.17) is 4.74 Å². The zero-order valence-corrected chi connectivity index (χ0v) is 11.7. The third kappa shape index (κ3) is 4.39. The first kappa shape index (κ1) is 14.0. The highest BCUT2D eigenvalue weighted by Crippen LogP contribution is 2.25. The lowest BCUT2D eigenvalue weighted by Crippen LogP contribution is -2.34. The van der Waals surface area contributed by atoms with Gasteiger partial charge in [0.2, 0.25) is 0 Å². The number of hydrogen-bond acceptors (Lipinski definition) is 2. The Bertz CT molecular complexity index is 345. The van der Waals surface area contributed by atoms with Crippen LogP contribution >= 0.6 is 0 Å². The van der Waals surface area contributed by atoms with Crippen LogP contribution in [-0.2, 0) is 5.41 Å². The number of rotatable bonds is 6. The van der Waals surface area contributed by atoms with Crippen molar-refractivity contribution in [2.24, 2.45) is 5.92 Å². The second-order valence-electron chi connectivity index (χ2n) is 5.64. The molecule has 2 nitrogen and oxygen atoms in total. The molecule has 1 N–H and O–H groups in total. The molecule has 0 fully saturated rings. The van der Waals surface area contributed by atoms with Gasteiger partial charge in [0.05, 0.1) is 7.11 Å². The Labute approximate surface area is 105 Å². The zero-order chi connectivity index (χ0) is 12.9. The molecular weight excluding hydrogens is 210 g/mol. The first-order chi connectivity index (χ1) is 7.95. The van der Waals surface area contributed by atoms with Gasteiger partial charge in [-0.3, -0.25) is 0 Å². The molecule has 1 aromatic carbocycles. The van der Waals surface area contributed by atoms with E-state index in [1.165, 1.54) is 5.56 Å². The molecule has 2 heteroatoms. The first-order valence-corrected chi connectivity index (χ1v) is 6.31. The van der Waals surface area contributed by atoms with Crippen molar-refractivity contribution in [3.63, 3.8) is 0 Å². The van der Waals surface area contributed by atoms with E-state index in [0.717, 1.165) is 18.8 Å². The Morgan fingerprint density at radius 3 is 2.59 bits per heavy atom. The van der Waals surface area contributed by atoms with Crippen molar-refractivity contribution in [2.75, 3.05) is 20.2 Å². The lowest BCUT2D eigenvalue weighted by Gasteiger charge is -2.26. The van der Waals surface area contributed by atoms with Crippen molar-refractivity contribution in [1.82, 2.24) is 5.32 Å². The van der Waals surface area contributed by atoms with Crippen LogP contribution < -0.4 is 10.1 Å². The van der Waals surface area contributed by atoms with Crippen LogP contribution in [0.3, 0.4) is 0 Å². The highest BCUT2D eigenvalue weighted by atomic mass is 16.5. The molecule has 17 heavy (non-hydrogen) atoms. The summed E-state index contributed by atoms with van der Waals surface area (Å²) < 4.78 is 5.27. The summed E-state index contributed by atoms with van der Waals surface area (Å²) in [6, 6.07) is 8.33. The number of benzene rings is 1. The number of methoxy groups -OCH3 is 1. The van der Waals surface area contributed by atoms with E-state index in [-0.39, 0.29) is 5.41 Å². The number of nitrogens with one attached hydrogen (secondary N) is 1. The Kier molecular flexibility index (Phi) is 5.01. The van der Waals surface area contributed by atoms with Gasteiger partial charge >= 0.3 is 0 Å². The minimum Gasteiger partial charge on any atom is -0.497 e. The van der Waals surface area contributed by atoms with Crippen molar-refractivity contribution < 1.29 is 4.74 Å². The van der Waals surface area contributed by atoms with Crippen LogP contribution in [0.5, 0.6) is 5.75 Å². The van der Waals surface area contributed by atoms with Gasteiger partial charge in [-0.25, -0.2) is 0 Å². The molecule has 0 aromatic heterocycles. The van der Waals surface area contributed by atoms with E-state index >= 15 is 0 Å². The Morgan fingerprint density at radius 2 is 2.00 bits per heavy atom. The standard InChI is InChI=1S/C15H25NO/c1-12(2)10-16-11-15(3,4)13-7-6-8-14(9-13)17-5/h6-9,12,16H,10-11H2,1-5H3. The summed E-state index contributed by atoms with van der Waals surface area (Å²) in [5, 5.41) is 3.52. The average Bonchev–Trinajstić information content (AvgIpc) is 2.28. The van der Waals surface area contributed by atoms with Gasteiger partial charge in [-0.15, -0.1) is 0 Å². The fraction of sp³-hybridized carbons (Fsp3) is 0.600. The SMILES string of the molecule is COc1cccc(C(C)(C)CNCC(C)C)c1.